The number of aromatic carboxylic acids is 1. The first-order chi connectivity index (χ1) is 10.1. The standard InChI is InChI=1S/C13H14N4O3S/c14-11-10(13(18)19)16-12(21-11)8-1-2-9(15-7-8)17-3-5-20-6-4-17/h1-2,7H,3-6,14H2,(H,18,19). The molecule has 3 N–H and O–H groups in total. The molecule has 110 valence electrons. The van der Waals surface area contributed by atoms with Crippen LogP contribution in [0.5, 0.6) is 0 Å². The summed E-state index contributed by atoms with van der Waals surface area (Å²) in [4.78, 5) is 21.6. The van der Waals surface area contributed by atoms with Gasteiger partial charge in [-0.1, -0.05) is 11.3 Å². The molecule has 0 radical (unpaired) electrons. The van der Waals surface area contributed by atoms with Crippen molar-refractivity contribution in [2.75, 3.05) is 36.9 Å². The number of hydrogen-bond acceptors (Lipinski definition) is 7. The number of carbonyl (C=O) groups is 1. The molecule has 3 rings (SSSR count). The van der Waals surface area contributed by atoms with E-state index in [9.17, 15) is 4.79 Å². The van der Waals surface area contributed by atoms with E-state index in [0.29, 0.717) is 18.2 Å². The topological polar surface area (TPSA) is 102 Å². The summed E-state index contributed by atoms with van der Waals surface area (Å²) < 4.78 is 5.31. The van der Waals surface area contributed by atoms with Gasteiger partial charge in [0, 0.05) is 24.8 Å². The Balaban J connectivity index is 1.83. The molecule has 0 unspecified atom stereocenters. The van der Waals surface area contributed by atoms with E-state index in [1.807, 2.05) is 12.1 Å². The average molecular weight is 306 g/mol. The van der Waals surface area contributed by atoms with Crippen LogP contribution >= 0.6 is 11.3 Å². The van der Waals surface area contributed by atoms with E-state index in [2.05, 4.69) is 14.9 Å². The molecule has 8 heteroatoms. The number of thiazole rings is 1. The van der Waals surface area contributed by atoms with E-state index in [0.717, 1.165) is 35.8 Å². The van der Waals surface area contributed by atoms with E-state index in [-0.39, 0.29) is 10.7 Å². The number of ether oxygens (including phenoxy) is 1. The predicted molar refractivity (Wildman–Crippen MR) is 79.7 cm³/mol. The number of nitrogens with two attached hydrogens (primary N) is 1. The molecule has 2 aromatic heterocycles. The Hall–Kier alpha value is -2.19. The van der Waals surface area contributed by atoms with Crippen molar-refractivity contribution in [1.82, 2.24) is 9.97 Å². The van der Waals surface area contributed by atoms with Gasteiger partial charge in [-0.05, 0) is 12.1 Å². The Morgan fingerprint density at radius 3 is 2.71 bits per heavy atom. The van der Waals surface area contributed by atoms with E-state index >= 15 is 0 Å². The van der Waals surface area contributed by atoms with Crippen LogP contribution in [-0.2, 0) is 4.74 Å². The summed E-state index contributed by atoms with van der Waals surface area (Å²) in [5.74, 6) is -0.238. The molecule has 21 heavy (non-hydrogen) atoms. The van der Waals surface area contributed by atoms with Gasteiger partial charge in [0.1, 0.15) is 15.8 Å². The second-order valence-electron chi connectivity index (χ2n) is 4.54. The quantitative estimate of drug-likeness (QED) is 0.881. The van der Waals surface area contributed by atoms with Gasteiger partial charge in [0.2, 0.25) is 0 Å². The highest BCUT2D eigenvalue weighted by Crippen LogP contribution is 2.30. The lowest BCUT2D eigenvalue weighted by molar-refractivity contribution is 0.0692. The fourth-order valence-corrected chi connectivity index (χ4v) is 2.91. The number of anilines is 2. The van der Waals surface area contributed by atoms with E-state index in [4.69, 9.17) is 15.6 Å². The monoisotopic (exact) mass is 306 g/mol. The number of carboxylic acids is 1. The van der Waals surface area contributed by atoms with Gasteiger partial charge in [0.05, 0.1) is 13.2 Å². The normalized spacial score (nSPS) is 15.1. The first-order valence-electron chi connectivity index (χ1n) is 6.44. The number of hydrogen-bond donors (Lipinski definition) is 2. The van der Waals surface area contributed by atoms with Gasteiger partial charge in [-0.15, -0.1) is 0 Å². The number of carboxylic acid groups (broad SMARTS) is 1. The summed E-state index contributed by atoms with van der Waals surface area (Å²) in [7, 11) is 0. The van der Waals surface area contributed by atoms with Crippen LogP contribution in [0.3, 0.4) is 0 Å². The van der Waals surface area contributed by atoms with Gasteiger partial charge in [-0.3, -0.25) is 0 Å². The van der Waals surface area contributed by atoms with Gasteiger partial charge >= 0.3 is 5.97 Å². The first kappa shape index (κ1) is 13.8. The second kappa shape index (κ2) is 5.66. The molecule has 1 saturated heterocycles. The number of nitrogen functional groups attached to an aromatic ring is 1. The zero-order valence-electron chi connectivity index (χ0n) is 11.2. The van der Waals surface area contributed by atoms with Crippen LogP contribution < -0.4 is 10.6 Å². The molecule has 1 fully saturated rings. The average Bonchev–Trinajstić information content (AvgIpc) is 2.90. The molecule has 0 atom stereocenters. The molecule has 1 aliphatic rings. The first-order valence-corrected chi connectivity index (χ1v) is 7.25. The molecule has 7 nitrogen and oxygen atoms in total. The van der Waals surface area contributed by atoms with Gasteiger partial charge in [0.25, 0.3) is 0 Å². The summed E-state index contributed by atoms with van der Waals surface area (Å²) in [6.45, 7) is 3.04. The largest absolute Gasteiger partial charge is 0.476 e. The molecule has 0 saturated carbocycles. The lowest BCUT2D eigenvalue weighted by atomic mass is 10.3. The van der Waals surface area contributed by atoms with Gasteiger partial charge in [0.15, 0.2) is 5.69 Å². The summed E-state index contributed by atoms with van der Waals surface area (Å²) >= 11 is 1.15. The van der Waals surface area contributed by atoms with E-state index in [1.165, 1.54) is 0 Å². The van der Waals surface area contributed by atoms with Crippen LogP contribution in [0.1, 0.15) is 10.5 Å². The maximum absolute atomic E-state index is 11.0. The minimum Gasteiger partial charge on any atom is -0.476 e. The Kier molecular flexibility index (Phi) is 3.72. The molecule has 0 aliphatic carbocycles. The van der Waals surface area contributed by atoms with Crippen molar-refractivity contribution in [1.29, 1.82) is 0 Å². The third-order valence-corrected chi connectivity index (χ3v) is 4.12. The van der Waals surface area contributed by atoms with Crippen molar-refractivity contribution in [2.24, 2.45) is 0 Å². The van der Waals surface area contributed by atoms with Crippen molar-refractivity contribution in [3.8, 4) is 10.6 Å². The van der Waals surface area contributed by atoms with Gasteiger partial charge in [-0.25, -0.2) is 14.8 Å². The zero-order valence-corrected chi connectivity index (χ0v) is 12.0. The summed E-state index contributed by atoms with van der Waals surface area (Å²) in [5, 5.41) is 9.73. The molecule has 3 heterocycles. The van der Waals surface area contributed by atoms with Gasteiger partial charge in [-0.2, -0.15) is 0 Å². The van der Waals surface area contributed by atoms with Crippen LogP contribution in [0.25, 0.3) is 10.6 Å². The molecule has 1 aliphatic heterocycles. The highest BCUT2D eigenvalue weighted by Gasteiger charge is 2.17. The molecular formula is C13H14N4O3S. The molecule has 2 aromatic rings. The summed E-state index contributed by atoms with van der Waals surface area (Å²) in [6, 6.07) is 3.78. The lowest BCUT2D eigenvalue weighted by Crippen LogP contribution is -2.36. The van der Waals surface area contributed by atoms with Crippen molar-refractivity contribution in [3.63, 3.8) is 0 Å². The molecule has 0 spiro atoms. The Labute approximate surface area is 125 Å². The van der Waals surface area contributed by atoms with Crippen molar-refractivity contribution in [3.05, 3.63) is 24.0 Å². The molecule has 0 bridgehead atoms. The highest BCUT2D eigenvalue weighted by atomic mass is 32.1. The van der Waals surface area contributed by atoms with Crippen molar-refractivity contribution < 1.29 is 14.6 Å². The number of rotatable bonds is 3. The van der Waals surface area contributed by atoms with E-state index < -0.39 is 5.97 Å². The Morgan fingerprint density at radius 1 is 1.38 bits per heavy atom. The smallest absolute Gasteiger partial charge is 0.357 e. The second-order valence-corrected chi connectivity index (χ2v) is 5.57. The minimum atomic E-state index is -1.12. The maximum atomic E-state index is 11.0. The Bertz CT molecular complexity index is 650. The Morgan fingerprint density at radius 2 is 2.14 bits per heavy atom. The number of pyridine rings is 1. The van der Waals surface area contributed by atoms with Crippen LogP contribution in [0.15, 0.2) is 18.3 Å². The number of aromatic nitrogens is 2. The fourth-order valence-electron chi connectivity index (χ4n) is 2.10. The van der Waals surface area contributed by atoms with Crippen LogP contribution in [0.2, 0.25) is 0 Å². The zero-order chi connectivity index (χ0) is 14.8. The van der Waals surface area contributed by atoms with Crippen molar-refractivity contribution >= 4 is 28.1 Å². The number of morpholine rings is 1. The van der Waals surface area contributed by atoms with Gasteiger partial charge < -0.3 is 20.5 Å². The van der Waals surface area contributed by atoms with Crippen molar-refractivity contribution in [2.45, 2.75) is 0 Å². The highest BCUT2D eigenvalue weighted by molar-refractivity contribution is 7.19. The SMILES string of the molecule is Nc1sc(-c2ccc(N3CCOCC3)nc2)nc1C(=O)O. The lowest BCUT2D eigenvalue weighted by Gasteiger charge is -2.27. The molecular weight excluding hydrogens is 292 g/mol. The fraction of sp³-hybridized carbons (Fsp3) is 0.308. The number of nitrogens with zero attached hydrogens (tertiary/aromatic N) is 3. The minimum absolute atomic E-state index is 0.104. The summed E-state index contributed by atoms with van der Waals surface area (Å²) in [5.41, 5.74) is 6.32. The molecule has 0 aromatic carbocycles. The van der Waals surface area contributed by atoms with Crippen LogP contribution in [-0.4, -0.2) is 47.3 Å². The van der Waals surface area contributed by atoms with E-state index in [1.54, 1.807) is 6.20 Å². The van der Waals surface area contributed by atoms with Crippen LogP contribution in [0, 0.1) is 0 Å². The third-order valence-electron chi connectivity index (χ3n) is 3.19. The molecule has 0 amide bonds. The third kappa shape index (κ3) is 2.81. The van der Waals surface area contributed by atoms with Crippen LogP contribution in [0.4, 0.5) is 10.8 Å². The summed E-state index contributed by atoms with van der Waals surface area (Å²) in [6.07, 6.45) is 1.69. The maximum Gasteiger partial charge on any atom is 0.357 e. The predicted octanol–water partition coefficient (Wildman–Crippen LogP) is 1.32.